The molecule has 0 saturated heterocycles. The number of carboxylic acid groups (broad SMARTS) is 1. The second kappa shape index (κ2) is 10.5. The van der Waals surface area contributed by atoms with Crippen molar-refractivity contribution < 1.29 is 34.0 Å². The number of hydrogen-bond donors (Lipinski definition) is 1. The van der Waals surface area contributed by atoms with Crippen LogP contribution in [0.15, 0.2) is 5.28 Å². The van der Waals surface area contributed by atoms with Gasteiger partial charge in [-0.2, -0.15) is 0 Å². The highest BCUT2D eigenvalue weighted by Crippen LogP contribution is 2.03. The van der Waals surface area contributed by atoms with Crippen molar-refractivity contribution in [3.8, 4) is 0 Å². The Balaban J connectivity index is 3.97. The van der Waals surface area contributed by atoms with Crippen molar-refractivity contribution in [1.29, 1.82) is 0 Å². The lowest BCUT2D eigenvalue weighted by molar-refractivity contribution is -0.707. The van der Waals surface area contributed by atoms with E-state index in [1.54, 1.807) is 7.05 Å². The summed E-state index contributed by atoms with van der Waals surface area (Å²) in [4.78, 5) is 26.3. The molecule has 0 bridgehead atoms. The van der Waals surface area contributed by atoms with Crippen LogP contribution in [0.5, 0.6) is 0 Å². The number of carbonyl (C=O) groups is 2. The summed E-state index contributed by atoms with van der Waals surface area (Å²) in [6, 6.07) is 0. The van der Waals surface area contributed by atoms with Gasteiger partial charge in [-0.1, -0.05) is 20.3 Å². The van der Waals surface area contributed by atoms with E-state index in [-0.39, 0.29) is 11.4 Å². The van der Waals surface area contributed by atoms with Crippen LogP contribution in [0.1, 0.15) is 33.6 Å². The first-order valence-corrected chi connectivity index (χ1v) is 6.82. The van der Waals surface area contributed by atoms with Crippen LogP contribution >= 0.6 is 0 Å². The smallest absolute Gasteiger partial charge is 0.511 e. The van der Waals surface area contributed by atoms with Crippen molar-refractivity contribution in [2.24, 2.45) is 11.2 Å². The van der Waals surface area contributed by atoms with Crippen molar-refractivity contribution in [3.05, 3.63) is 5.21 Å². The Morgan fingerprint density at radius 2 is 2.05 bits per heavy atom. The van der Waals surface area contributed by atoms with Crippen LogP contribution in [0.2, 0.25) is 0 Å². The van der Waals surface area contributed by atoms with Gasteiger partial charge in [-0.3, -0.25) is 4.79 Å². The minimum atomic E-state index is -1.10. The highest BCUT2D eigenvalue weighted by Gasteiger charge is 2.14. The number of carbonyl (C=O) groups excluding carboxylic acids is 1. The third-order valence-corrected chi connectivity index (χ3v) is 2.68. The largest absolute Gasteiger partial charge is 0.569 e. The van der Waals surface area contributed by atoms with Crippen LogP contribution in [0.4, 0.5) is 4.79 Å². The molecule has 0 amide bonds. The summed E-state index contributed by atoms with van der Waals surface area (Å²) in [6.45, 7) is 5.29. The van der Waals surface area contributed by atoms with Crippen molar-refractivity contribution in [3.63, 3.8) is 0 Å². The minimum Gasteiger partial charge on any atom is -0.569 e. The normalized spacial score (nSPS) is 13.9. The molecule has 0 aromatic rings. The van der Waals surface area contributed by atoms with E-state index < -0.39 is 25.0 Å². The van der Waals surface area contributed by atoms with E-state index >= 15 is 0 Å². The van der Waals surface area contributed by atoms with Gasteiger partial charge in [0.2, 0.25) is 5.28 Å². The van der Waals surface area contributed by atoms with Gasteiger partial charge in [0.15, 0.2) is 0 Å². The maximum absolute atomic E-state index is 11.5. The van der Waals surface area contributed by atoms with Gasteiger partial charge in [-0.05, 0) is 12.8 Å². The molecule has 10 heteroatoms. The van der Waals surface area contributed by atoms with Crippen LogP contribution < -0.4 is 0 Å². The molecule has 0 spiro atoms. The molecule has 0 fully saturated rings. The third kappa shape index (κ3) is 9.61. The SMILES string of the molecule is CCC(C)CN(C)[N+]([O-])=NOCOC(=O)OC(C)CC(=O)O. The highest BCUT2D eigenvalue weighted by atomic mass is 16.8. The number of hydrogen-bond acceptors (Lipinski definition) is 7. The quantitative estimate of drug-likeness (QED) is 0.161. The minimum absolute atomic E-state index is 0.244. The van der Waals surface area contributed by atoms with E-state index in [0.717, 1.165) is 6.42 Å². The summed E-state index contributed by atoms with van der Waals surface area (Å²) >= 11 is 0. The molecule has 0 aromatic heterocycles. The summed E-state index contributed by atoms with van der Waals surface area (Å²) in [5.41, 5.74) is 0. The summed E-state index contributed by atoms with van der Waals surface area (Å²) in [6.07, 6.45) is -1.36. The van der Waals surface area contributed by atoms with Crippen molar-refractivity contribution in [2.75, 3.05) is 20.4 Å². The molecule has 0 radical (unpaired) electrons. The molecule has 1 N–H and O–H groups in total. The molecule has 0 aliphatic carbocycles. The Bertz CT molecular complexity index is 389. The molecule has 0 rings (SSSR count). The van der Waals surface area contributed by atoms with E-state index in [0.29, 0.717) is 12.5 Å². The zero-order valence-corrected chi connectivity index (χ0v) is 13.2. The fraction of sp³-hybridized carbons (Fsp3) is 0.833. The van der Waals surface area contributed by atoms with Gasteiger partial charge in [0, 0.05) is 0 Å². The van der Waals surface area contributed by atoms with Gasteiger partial charge in [-0.15, -0.1) is 5.01 Å². The Morgan fingerprint density at radius 1 is 1.41 bits per heavy atom. The Labute approximate surface area is 128 Å². The molecule has 0 saturated carbocycles. The molecule has 0 heterocycles. The standard InChI is InChI=1S/C12H23N3O7/c1-5-9(2)7-14(4)15(19)13-21-8-20-12(18)22-10(3)6-11(16)17/h9-10H,5-8H2,1-4H3,(H,16,17). The third-order valence-electron chi connectivity index (χ3n) is 2.68. The first kappa shape index (κ1) is 19.7. The molecule has 2 unspecified atom stereocenters. The lowest BCUT2D eigenvalue weighted by Crippen LogP contribution is -2.30. The van der Waals surface area contributed by atoms with Crippen LogP contribution in [0.25, 0.3) is 0 Å². The topological polar surface area (TPSA) is 124 Å². The zero-order chi connectivity index (χ0) is 17.1. The van der Waals surface area contributed by atoms with Crippen LogP contribution in [-0.2, 0) is 19.1 Å². The highest BCUT2D eigenvalue weighted by molar-refractivity contribution is 5.68. The fourth-order valence-electron chi connectivity index (χ4n) is 1.35. The number of ether oxygens (including phenoxy) is 2. The second-order valence-corrected chi connectivity index (χ2v) is 4.86. The molecule has 0 aliphatic heterocycles. The van der Waals surface area contributed by atoms with Crippen molar-refractivity contribution in [1.82, 2.24) is 5.01 Å². The number of aliphatic carboxylic acids is 1. The first-order valence-electron chi connectivity index (χ1n) is 6.82. The summed E-state index contributed by atoms with van der Waals surface area (Å²) in [5, 5.41) is 24.4. The Morgan fingerprint density at radius 3 is 2.59 bits per heavy atom. The second-order valence-electron chi connectivity index (χ2n) is 4.86. The van der Waals surface area contributed by atoms with Crippen LogP contribution in [-0.4, -0.2) is 53.7 Å². The van der Waals surface area contributed by atoms with Crippen molar-refractivity contribution >= 4 is 12.1 Å². The van der Waals surface area contributed by atoms with Gasteiger partial charge in [0.05, 0.1) is 25.0 Å². The average Bonchev–Trinajstić information content (AvgIpc) is 2.41. The Hall–Kier alpha value is -2.26. The summed E-state index contributed by atoms with van der Waals surface area (Å²) < 4.78 is 9.09. The monoisotopic (exact) mass is 321 g/mol. The maximum Gasteiger partial charge on any atom is 0.511 e. The lowest BCUT2D eigenvalue weighted by Gasteiger charge is -2.16. The van der Waals surface area contributed by atoms with Crippen molar-refractivity contribution in [2.45, 2.75) is 39.7 Å². The number of carboxylic acids is 1. The molecular formula is C12H23N3O7. The lowest BCUT2D eigenvalue weighted by atomic mass is 10.1. The molecule has 2 atom stereocenters. The molecule has 0 aliphatic rings. The molecule has 0 aromatic carbocycles. The van der Waals surface area contributed by atoms with Gasteiger partial charge in [0.1, 0.15) is 6.10 Å². The maximum atomic E-state index is 11.5. The Kier molecular flexibility index (Phi) is 9.39. The van der Waals surface area contributed by atoms with E-state index in [4.69, 9.17) is 5.11 Å². The number of rotatable bonds is 10. The molecule has 128 valence electrons. The molecule has 22 heavy (non-hydrogen) atoms. The molecule has 10 nitrogen and oxygen atoms in total. The van der Waals surface area contributed by atoms with E-state index in [1.807, 2.05) is 13.8 Å². The molecular weight excluding hydrogens is 298 g/mol. The predicted octanol–water partition coefficient (Wildman–Crippen LogP) is 1.75. The summed E-state index contributed by atoms with van der Waals surface area (Å²) in [5.74, 6) is -0.781. The fourth-order valence-corrected chi connectivity index (χ4v) is 1.35. The van der Waals surface area contributed by atoms with Gasteiger partial charge in [0.25, 0.3) is 6.79 Å². The number of hydrazine groups is 1. The number of nitrogens with zero attached hydrogens (tertiary/aromatic N) is 3. The van der Waals surface area contributed by atoms with E-state index in [2.05, 4.69) is 19.6 Å². The average molecular weight is 321 g/mol. The van der Waals surface area contributed by atoms with Crippen LogP contribution in [0.3, 0.4) is 0 Å². The van der Waals surface area contributed by atoms with Gasteiger partial charge < -0.3 is 24.6 Å². The van der Waals surface area contributed by atoms with E-state index in [1.165, 1.54) is 11.9 Å². The summed E-state index contributed by atoms with van der Waals surface area (Å²) in [7, 11) is 1.55. The van der Waals surface area contributed by atoms with Gasteiger partial charge in [-0.25, -0.2) is 4.79 Å². The zero-order valence-electron chi connectivity index (χ0n) is 13.2. The van der Waals surface area contributed by atoms with Gasteiger partial charge >= 0.3 is 12.1 Å². The van der Waals surface area contributed by atoms with E-state index in [9.17, 15) is 14.8 Å². The predicted molar refractivity (Wildman–Crippen MR) is 73.4 cm³/mol. The van der Waals surface area contributed by atoms with Crippen LogP contribution in [0, 0.1) is 11.1 Å². The first-order chi connectivity index (χ1) is 10.3.